The largest absolute Gasteiger partial charge is 0.497 e. The molecule has 2 aliphatic rings. The van der Waals surface area contributed by atoms with Gasteiger partial charge in [-0.1, -0.05) is 12.1 Å². The molecule has 4 heteroatoms. The number of fused-ring (bicyclic) bond motifs is 2. The van der Waals surface area contributed by atoms with Gasteiger partial charge >= 0.3 is 0 Å². The molecule has 1 N–H and O–H groups in total. The van der Waals surface area contributed by atoms with Gasteiger partial charge < -0.3 is 14.6 Å². The summed E-state index contributed by atoms with van der Waals surface area (Å²) in [6, 6.07) is 9.24. The molecule has 1 aliphatic heterocycles. The highest BCUT2D eigenvalue weighted by Crippen LogP contribution is 2.44. The van der Waals surface area contributed by atoms with Crippen molar-refractivity contribution in [1.29, 1.82) is 5.26 Å². The number of hydrogen-bond donors (Lipinski definition) is 1. The van der Waals surface area contributed by atoms with Gasteiger partial charge in [-0.05, 0) is 44.0 Å². The molecule has 124 valence electrons. The summed E-state index contributed by atoms with van der Waals surface area (Å²) in [6.07, 6.45) is 5.93. The van der Waals surface area contributed by atoms with Gasteiger partial charge in [-0.15, -0.1) is 0 Å². The van der Waals surface area contributed by atoms with Crippen LogP contribution >= 0.6 is 0 Å². The van der Waals surface area contributed by atoms with E-state index in [9.17, 15) is 0 Å². The Morgan fingerprint density at radius 3 is 3.21 bits per heavy atom. The molecular weight excluding hydrogens is 298 g/mol. The number of nitrogens with one attached hydrogen (secondary N) is 1. The molecular formula is C20H23N3O. The van der Waals surface area contributed by atoms with Crippen LogP contribution in [0.2, 0.25) is 0 Å². The summed E-state index contributed by atoms with van der Waals surface area (Å²) in [4.78, 5) is 5.93. The van der Waals surface area contributed by atoms with Gasteiger partial charge in [0.25, 0.3) is 0 Å². The van der Waals surface area contributed by atoms with Crippen LogP contribution in [0.3, 0.4) is 0 Å². The lowest BCUT2D eigenvalue weighted by molar-refractivity contribution is 0.0637. The SMILES string of the molecule is CC(=CC#N)OCC1CC2c3cccc4[nH]cc(c34)C[C@H]2N(C)C1. The van der Waals surface area contributed by atoms with Gasteiger partial charge in [0.15, 0.2) is 0 Å². The highest BCUT2D eigenvalue weighted by Gasteiger charge is 2.39. The number of nitrogens with zero attached hydrogens (tertiary/aromatic N) is 2. The average molecular weight is 321 g/mol. The third-order valence-electron chi connectivity index (χ3n) is 5.63. The highest BCUT2D eigenvalue weighted by molar-refractivity contribution is 5.88. The normalized spacial score (nSPS) is 26.9. The predicted molar refractivity (Wildman–Crippen MR) is 94.6 cm³/mol. The number of likely N-dealkylation sites (tertiary alicyclic amines) is 1. The van der Waals surface area contributed by atoms with E-state index in [0.717, 1.165) is 19.4 Å². The lowest BCUT2D eigenvalue weighted by Gasteiger charge is -2.45. The first kappa shape index (κ1) is 15.3. The first-order valence-corrected chi connectivity index (χ1v) is 8.65. The van der Waals surface area contributed by atoms with Gasteiger partial charge in [0.05, 0.1) is 18.8 Å². The van der Waals surface area contributed by atoms with E-state index in [-0.39, 0.29) is 0 Å². The van der Waals surface area contributed by atoms with E-state index in [2.05, 4.69) is 41.3 Å². The van der Waals surface area contributed by atoms with Gasteiger partial charge in [0, 0.05) is 41.5 Å². The van der Waals surface area contributed by atoms with Crippen molar-refractivity contribution in [1.82, 2.24) is 9.88 Å². The first-order chi connectivity index (χ1) is 11.7. The van der Waals surface area contributed by atoms with E-state index >= 15 is 0 Å². The van der Waals surface area contributed by atoms with Gasteiger partial charge in [-0.2, -0.15) is 5.26 Å². The van der Waals surface area contributed by atoms with Crippen LogP contribution < -0.4 is 0 Å². The maximum absolute atomic E-state index is 8.71. The number of piperidine rings is 1. The van der Waals surface area contributed by atoms with Crippen LogP contribution in [0.5, 0.6) is 0 Å². The van der Waals surface area contributed by atoms with E-state index in [1.807, 2.05) is 13.0 Å². The third kappa shape index (κ3) is 2.50. The smallest absolute Gasteiger partial charge is 0.103 e. The Labute approximate surface area is 142 Å². The van der Waals surface area contributed by atoms with Crippen LogP contribution in [0, 0.1) is 17.2 Å². The molecule has 3 atom stereocenters. The Hall–Kier alpha value is -2.25. The molecule has 24 heavy (non-hydrogen) atoms. The topological polar surface area (TPSA) is 52.0 Å². The minimum atomic E-state index is 0.494. The molecule has 2 heterocycles. The molecule has 1 aromatic heterocycles. The molecule has 0 radical (unpaired) electrons. The second-order valence-electron chi connectivity index (χ2n) is 7.20. The summed E-state index contributed by atoms with van der Waals surface area (Å²) in [5.41, 5.74) is 4.20. The van der Waals surface area contributed by atoms with Crippen molar-refractivity contribution >= 4 is 10.9 Å². The van der Waals surface area contributed by atoms with Crippen LogP contribution in [-0.4, -0.2) is 36.1 Å². The Kier molecular flexibility index (Phi) is 3.82. The second kappa shape index (κ2) is 5.99. The lowest BCUT2D eigenvalue weighted by atomic mass is 9.72. The molecule has 2 unspecified atom stereocenters. The Morgan fingerprint density at radius 1 is 1.50 bits per heavy atom. The summed E-state index contributed by atoms with van der Waals surface area (Å²) in [7, 11) is 2.24. The van der Waals surface area contributed by atoms with Gasteiger partial charge in [0.1, 0.15) is 5.76 Å². The van der Waals surface area contributed by atoms with Crippen molar-refractivity contribution in [2.24, 2.45) is 5.92 Å². The number of aromatic nitrogens is 1. The Balaban J connectivity index is 1.59. The number of allylic oxidation sites excluding steroid dienone is 2. The minimum Gasteiger partial charge on any atom is -0.497 e. The summed E-state index contributed by atoms with van der Waals surface area (Å²) in [5, 5.41) is 10.1. The third-order valence-corrected chi connectivity index (χ3v) is 5.63. The zero-order valence-corrected chi connectivity index (χ0v) is 14.2. The van der Waals surface area contributed by atoms with E-state index in [4.69, 9.17) is 10.00 Å². The quantitative estimate of drug-likeness (QED) is 0.694. The highest BCUT2D eigenvalue weighted by atomic mass is 16.5. The molecule has 4 rings (SSSR count). The standard InChI is InChI=1S/C20H23N3O/c1-13(6-7-21)24-12-14-8-17-16-4-3-5-18-20(16)15(10-22-18)9-19(17)23(2)11-14/h3-6,10,14,17,19,22H,8-9,11-12H2,1-2H3/t14?,17?,19-/m1/s1. The summed E-state index contributed by atoms with van der Waals surface area (Å²) >= 11 is 0. The van der Waals surface area contributed by atoms with Crippen molar-refractivity contribution in [2.75, 3.05) is 20.2 Å². The van der Waals surface area contributed by atoms with Crippen LogP contribution in [0.4, 0.5) is 0 Å². The van der Waals surface area contributed by atoms with Crippen molar-refractivity contribution in [3.05, 3.63) is 47.4 Å². The van der Waals surface area contributed by atoms with Crippen molar-refractivity contribution < 1.29 is 4.74 Å². The van der Waals surface area contributed by atoms with Gasteiger partial charge in [0.2, 0.25) is 0 Å². The molecule has 1 fully saturated rings. The van der Waals surface area contributed by atoms with Crippen molar-refractivity contribution in [2.45, 2.75) is 31.7 Å². The van der Waals surface area contributed by atoms with Gasteiger partial charge in [-0.25, -0.2) is 0 Å². The Morgan fingerprint density at radius 2 is 2.38 bits per heavy atom. The number of aromatic amines is 1. The molecule has 0 spiro atoms. The maximum Gasteiger partial charge on any atom is 0.103 e. The predicted octanol–water partition coefficient (Wildman–Crippen LogP) is 3.57. The number of hydrogen-bond acceptors (Lipinski definition) is 3. The minimum absolute atomic E-state index is 0.494. The molecule has 2 aromatic rings. The zero-order valence-electron chi connectivity index (χ0n) is 14.2. The molecule has 0 bridgehead atoms. The van der Waals surface area contributed by atoms with E-state index in [1.165, 1.54) is 28.1 Å². The number of H-pyrrole nitrogens is 1. The summed E-state index contributed by atoms with van der Waals surface area (Å²) < 4.78 is 5.78. The molecule has 0 saturated carbocycles. The molecule has 1 aromatic carbocycles. The fourth-order valence-electron chi connectivity index (χ4n) is 4.56. The number of nitriles is 1. The zero-order chi connectivity index (χ0) is 16.7. The van der Waals surface area contributed by atoms with E-state index < -0.39 is 0 Å². The number of rotatable bonds is 3. The van der Waals surface area contributed by atoms with Crippen molar-refractivity contribution in [3.8, 4) is 6.07 Å². The van der Waals surface area contributed by atoms with E-state index in [1.54, 1.807) is 0 Å². The monoisotopic (exact) mass is 321 g/mol. The van der Waals surface area contributed by atoms with Crippen LogP contribution in [0.15, 0.2) is 36.2 Å². The van der Waals surface area contributed by atoms with Crippen LogP contribution in [-0.2, 0) is 11.2 Å². The number of ether oxygens (including phenoxy) is 1. The number of likely N-dealkylation sites (N-methyl/N-ethyl adjacent to an activating group) is 1. The fourth-order valence-corrected chi connectivity index (χ4v) is 4.56. The molecule has 0 amide bonds. The molecule has 1 aliphatic carbocycles. The molecule has 1 saturated heterocycles. The second-order valence-corrected chi connectivity index (χ2v) is 7.20. The molecule has 4 nitrogen and oxygen atoms in total. The van der Waals surface area contributed by atoms with Crippen molar-refractivity contribution in [3.63, 3.8) is 0 Å². The maximum atomic E-state index is 8.71. The van der Waals surface area contributed by atoms with E-state index in [0.29, 0.717) is 30.2 Å². The van der Waals surface area contributed by atoms with Crippen LogP contribution in [0.1, 0.15) is 30.4 Å². The number of benzene rings is 1. The lowest BCUT2D eigenvalue weighted by Crippen LogP contribution is -2.48. The first-order valence-electron chi connectivity index (χ1n) is 8.65. The fraction of sp³-hybridized carbons (Fsp3) is 0.450. The van der Waals surface area contributed by atoms with Gasteiger partial charge in [-0.3, -0.25) is 0 Å². The Bertz CT molecular complexity index is 829. The summed E-state index contributed by atoms with van der Waals surface area (Å²) in [5.74, 6) is 1.76. The van der Waals surface area contributed by atoms with Crippen LogP contribution in [0.25, 0.3) is 10.9 Å². The average Bonchev–Trinajstić information content (AvgIpc) is 2.99. The summed E-state index contributed by atoms with van der Waals surface area (Å²) in [6.45, 7) is 3.59.